The van der Waals surface area contributed by atoms with Crippen LogP contribution in [0.25, 0.3) is 10.8 Å². The molecule has 1 unspecified atom stereocenters. The number of hydrogen-bond acceptors (Lipinski definition) is 2. The van der Waals surface area contributed by atoms with Gasteiger partial charge >= 0.3 is 0 Å². The van der Waals surface area contributed by atoms with Gasteiger partial charge in [0.1, 0.15) is 5.82 Å². The maximum atomic E-state index is 12.8. The Kier molecular flexibility index (Phi) is 4.26. The Labute approximate surface area is 147 Å². The van der Waals surface area contributed by atoms with Gasteiger partial charge in [-0.15, -0.1) is 0 Å². The monoisotopic (exact) mass is 333 g/mol. The van der Waals surface area contributed by atoms with Crippen molar-refractivity contribution in [2.75, 3.05) is 13.1 Å². The summed E-state index contributed by atoms with van der Waals surface area (Å²) in [6, 6.07) is 14.6. The molecule has 1 amide bonds. The first-order chi connectivity index (χ1) is 12.2. The molecule has 1 aromatic heterocycles. The van der Waals surface area contributed by atoms with Crippen molar-refractivity contribution in [3.63, 3.8) is 0 Å². The van der Waals surface area contributed by atoms with Crippen molar-refractivity contribution in [1.82, 2.24) is 14.9 Å². The zero-order valence-corrected chi connectivity index (χ0v) is 14.5. The van der Waals surface area contributed by atoms with Crippen LogP contribution in [0.15, 0.2) is 48.7 Å². The summed E-state index contributed by atoms with van der Waals surface area (Å²) in [5, 5.41) is 2.40. The number of aryl methyl sites for hydroxylation is 1. The fourth-order valence-corrected chi connectivity index (χ4v) is 3.70. The largest absolute Gasteiger partial charge is 0.346 e. The second kappa shape index (κ2) is 6.71. The van der Waals surface area contributed by atoms with Crippen LogP contribution in [0.1, 0.15) is 35.8 Å². The van der Waals surface area contributed by atoms with Gasteiger partial charge in [0.2, 0.25) is 5.91 Å². The molecule has 3 aromatic rings. The van der Waals surface area contributed by atoms with Gasteiger partial charge < -0.3 is 9.88 Å². The van der Waals surface area contributed by atoms with Crippen LogP contribution in [0.4, 0.5) is 0 Å². The van der Waals surface area contributed by atoms with E-state index in [9.17, 15) is 4.79 Å². The predicted molar refractivity (Wildman–Crippen MR) is 99.5 cm³/mol. The number of nitrogens with one attached hydrogen (secondary N) is 1. The van der Waals surface area contributed by atoms with Crippen LogP contribution in [0.5, 0.6) is 0 Å². The number of amides is 1. The van der Waals surface area contributed by atoms with Gasteiger partial charge in [-0.3, -0.25) is 4.79 Å². The van der Waals surface area contributed by atoms with Gasteiger partial charge in [-0.2, -0.15) is 0 Å². The zero-order chi connectivity index (χ0) is 17.2. The van der Waals surface area contributed by atoms with E-state index in [4.69, 9.17) is 0 Å². The average Bonchev–Trinajstić information content (AvgIpc) is 3.08. The van der Waals surface area contributed by atoms with Crippen LogP contribution in [0.3, 0.4) is 0 Å². The highest BCUT2D eigenvalue weighted by Crippen LogP contribution is 2.25. The summed E-state index contributed by atoms with van der Waals surface area (Å²) in [6.07, 6.45) is 4.46. The molecule has 128 valence electrons. The van der Waals surface area contributed by atoms with Crippen LogP contribution in [-0.4, -0.2) is 33.9 Å². The fraction of sp³-hybridized carbons (Fsp3) is 0.333. The second-order valence-corrected chi connectivity index (χ2v) is 6.99. The minimum atomic E-state index is 0.211. The summed E-state index contributed by atoms with van der Waals surface area (Å²) >= 11 is 0. The summed E-state index contributed by atoms with van der Waals surface area (Å²) in [5.41, 5.74) is 2.16. The van der Waals surface area contributed by atoms with E-state index in [1.54, 1.807) is 0 Å². The van der Waals surface area contributed by atoms with E-state index in [1.165, 1.54) is 10.8 Å². The van der Waals surface area contributed by atoms with Crippen molar-refractivity contribution in [2.24, 2.45) is 0 Å². The van der Waals surface area contributed by atoms with E-state index in [0.717, 1.165) is 43.0 Å². The number of likely N-dealkylation sites (tertiary alicyclic amines) is 1. The van der Waals surface area contributed by atoms with Crippen LogP contribution >= 0.6 is 0 Å². The zero-order valence-electron chi connectivity index (χ0n) is 14.5. The number of carbonyl (C=O) groups is 1. The summed E-state index contributed by atoms with van der Waals surface area (Å²) in [7, 11) is 0. The Morgan fingerprint density at radius 3 is 2.88 bits per heavy atom. The van der Waals surface area contributed by atoms with E-state index in [1.807, 2.05) is 30.2 Å². The normalized spacial score (nSPS) is 17.8. The molecule has 4 heteroatoms. The number of fused-ring (bicyclic) bond motifs is 1. The molecular weight excluding hydrogens is 310 g/mol. The van der Waals surface area contributed by atoms with Crippen LogP contribution in [0, 0.1) is 6.92 Å². The molecule has 1 aliphatic heterocycles. The third-order valence-corrected chi connectivity index (χ3v) is 5.05. The average molecular weight is 333 g/mol. The van der Waals surface area contributed by atoms with E-state index < -0.39 is 0 Å². The topological polar surface area (TPSA) is 49.0 Å². The molecule has 0 aliphatic carbocycles. The van der Waals surface area contributed by atoms with Crippen molar-refractivity contribution >= 4 is 16.7 Å². The molecule has 4 rings (SSSR count). The summed E-state index contributed by atoms with van der Waals surface area (Å²) in [4.78, 5) is 22.6. The van der Waals surface area contributed by atoms with Crippen LogP contribution in [-0.2, 0) is 11.2 Å². The summed E-state index contributed by atoms with van der Waals surface area (Å²) in [6.45, 7) is 3.63. The number of piperidine rings is 1. The Morgan fingerprint density at radius 2 is 2.08 bits per heavy atom. The maximum Gasteiger partial charge on any atom is 0.227 e. The van der Waals surface area contributed by atoms with Crippen molar-refractivity contribution in [2.45, 2.75) is 32.1 Å². The lowest BCUT2D eigenvalue weighted by molar-refractivity contribution is -0.131. The first-order valence-electron chi connectivity index (χ1n) is 8.96. The molecular formula is C21H23N3O. The number of hydrogen-bond donors (Lipinski definition) is 1. The number of benzene rings is 2. The quantitative estimate of drug-likeness (QED) is 0.792. The minimum Gasteiger partial charge on any atom is -0.346 e. The first-order valence-corrected chi connectivity index (χ1v) is 8.96. The molecule has 2 aromatic carbocycles. The number of rotatable bonds is 3. The molecule has 0 saturated carbocycles. The maximum absolute atomic E-state index is 12.8. The Balaban J connectivity index is 1.46. The molecule has 0 bridgehead atoms. The van der Waals surface area contributed by atoms with Gasteiger partial charge in [-0.05, 0) is 36.1 Å². The lowest BCUT2D eigenvalue weighted by atomic mass is 9.96. The fourth-order valence-electron chi connectivity index (χ4n) is 3.70. The molecule has 4 nitrogen and oxygen atoms in total. The Bertz CT molecular complexity index is 899. The van der Waals surface area contributed by atoms with Crippen molar-refractivity contribution in [1.29, 1.82) is 0 Å². The van der Waals surface area contributed by atoms with Gasteiger partial charge in [0.25, 0.3) is 0 Å². The van der Waals surface area contributed by atoms with Gasteiger partial charge in [-0.25, -0.2) is 4.98 Å². The van der Waals surface area contributed by atoms with E-state index in [-0.39, 0.29) is 5.91 Å². The molecule has 1 aliphatic rings. The summed E-state index contributed by atoms with van der Waals surface area (Å²) in [5.74, 6) is 1.55. The van der Waals surface area contributed by atoms with Crippen molar-refractivity contribution in [3.8, 4) is 0 Å². The molecule has 0 spiro atoms. The third-order valence-electron chi connectivity index (χ3n) is 5.05. The number of aromatic amines is 1. The number of carbonyl (C=O) groups excluding carboxylic acids is 1. The second-order valence-electron chi connectivity index (χ2n) is 6.99. The molecule has 1 saturated heterocycles. The number of H-pyrrole nitrogens is 1. The first kappa shape index (κ1) is 15.9. The van der Waals surface area contributed by atoms with E-state index >= 15 is 0 Å². The third kappa shape index (κ3) is 3.43. The number of imidazole rings is 1. The Morgan fingerprint density at radius 1 is 1.24 bits per heavy atom. The highest BCUT2D eigenvalue weighted by Gasteiger charge is 2.26. The van der Waals surface area contributed by atoms with Crippen molar-refractivity contribution < 1.29 is 4.79 Å². The molecule has 2 heterocycles. The number of aromatic nitrogens is 2. The SMILES string of the molecule is Cc1cnc(C2CCCN(C(=O)Cc3ccc4ccccc4c3)C2)[nH]1. The van der Waals surface area contributed by atoms with Crippen LogP contribution in [0.2, 0.25) is 0 Å². The molecule has 1 fully saturated rings. The molecule has 0 radical (unpaired) electrons. The van der Waals surface area contributed by atoms with E-state index in [2.05, 4.69) is 40.3 Å². The Hall–Kier alpha value is -2.62. The highest BCUT2D eigenvalue weighted by molar-refractivity contribution is 5.85. The smallest absolute Gasteiger partial charge is 0.227 e. The standard InChI is InChI=1S/C21H23N3O/c1-15-13-22-21(23-15)19-7-4-10-24(14-19)20(25)12-16-8-9-17-5-2-3-6-18(17)11-16/h2-3,5-6,8-9,11,13,19H,4,7,10,12,14H2,1H3,(H,22,23). The van der Waals surface area contributed by atoms with Crippen LogP contribution < -0.4 is 0 Å². The predicted octanol–water partition coefficient (Wildman–Crippen LogP) is 3.82. The van der Waals surface area contributed by atoms with Gasteiger partial charge in [0.05, 0.1) is 6.42 Å². The van der Waals surface area contributed by atoms with Gasteiger partial charge in [0, 0.05) is 30.9 Å². The number of nitrogens with zero attached hydrogens (tertiary/aromatic N) is 2. The van der Waals surface area contributed by atoms with Crippen molar-refractivity contribution in [3.05, 3.63) is 65.7 Å². The van der Waals surface area contributed by atoms with Gasteiger partial charge in [-0.1, -0.05) is 42.5 Å². The minimum absolute atomic E-state index is 0.211. The molecule has 1 atom stereocenters. The lowest BCUT2D eigenvalue weighted by Crippen LogP contribution is -2.40. The molecule has 25 heavy (non-hydrogen) atoms. The lowest BCUT2D eigenvalue weighted by Gasteiger charge is -2.32. The van der Waals surface area contributed by atoms with E-state index in [0.29, 0.717) is 12.3 Å². The highest BCUT2D eigenvalue weighted by atomic mass is 16.2. The van der Waals surface area contributed by atoms with Gasteiger partial charge in [0.15, 0.2) is 0 Å². The molecule has 1 N–H and O–H groups in total. The summed E-state index contributed by atoms with van der Waals surface area (Å²) < 4.78 is 0.